The van der Waals surface area contributed by atoms with Gasteiger partial charge >= 0.3 is 0 Å². The summed E-state index contributed by atoms with van der Waals surface area (Å²) >= 11 is 0. The minimum absolute atomic E-state index is 0.112. The molecule has 0 bridgehead atoms. The normalized spacial score (nSPS) is 48.4. The van der Waals surface area contributed by atoms with Crippen LogP contribution >= 0.6 is 0 Å². The van der Waals surface area contributed by atoms with Crippen molar-refractivity contribution < 1.29 is 45.2 Å². The highest BCUT2D eigenvalue weighted by Gasteiger charge is 2.61. The predicted octanol–water partition coefficient (Wildman–Crippen LogP) is 2.44. The van der Waals surface area contributed by atoms with E-state index in [1.165, 1.54) is 5.57 Å². The van der Waals surface area contributed by atoms with Crippen molar-refractivity contribution in [2.45, 2.75) is 135 Å². The molecule has 0 aromatic rings. The summed E-state index contributed by atoms with van der Waals surface area (Å²) in [5.41, 5.74) is 3.05. The van der Waals surface area contributed by atoms with Gasteiger partial charge in [0.25, 0.3) is 0 Å². The fourth-order valence-corrected chi connectivity index (χ4v) is 10.1. The molecule has 1 heterocycles. The monoisotopic (exact) mass is 608 g/mol. The first-order valence-electron chi connectivity index (χ1n) is 16.5. The van der Waals surface area contributed by atoms with E-state index in [1.54, 1.807) is 0 Å². The zero-order chi connectivity index (χ0) is 31.4. The van der Waals surface area contributed by atoms with E-state index in [9.17, 15) is 35.7 Å². The summed E-state index contributed by atoms with van der Waals surface area (Å²) in [6.45, 7) is 10.4. The molecule has 1 aliphatic heterocycles. The van der Waals surface area contributed by atoms with E-state index in [-0.39, 0.29) is 23.4 Å². The lowest BCUT2D eigenvalue weighted by molar-refractivity contribution is -0.299. The van der Waals surface area contributed by atoms with Crippen molar-refractivity contribution in [3.8, 4) is 0 Å². The average Bonchev–Trinajstić information content (AvgIpc) is 3.32. The molecule has 0 spiro atoms. The smallest absolute Gasteiger partial charge is 0.187 e. The molecular weight excluding hydrogens is 552 g/mol. The van der Waals surface area contributed by atoms with Crippen molar-refractivity contribution in [3.63, 3.8) is 0 Å². The molecular formula is C34H56O9. The Balaban J connectivity index is 1.21. The van der Waals surface area contributed by atoms with Crippen LogP contribution in [0.3, 0.4) is 0 Å². The summed E-state index contributed by atoms with van der Waals surface area (Å²) in [5, 5.41) is 72.7. The lowest BCUT2D eigenvalue weighted by Crippen LogP contribution is -2.59. The molecule has 9 nitrogen and oxygen atoms in total. The van der Waals surface area contributed by atoms with Gasteiger partial charge in [-0.1, -0.05) is 38.0 Å². The van der Waals surface area contributed by atoms with Gasteiger partial charge in [0.1, 0.15) is 24.4 Å². The van der Waals surface area contributed by atoms with Crippen LogP contribution in [0.4, 0.5) is 0 Å². The first kappa shape index (κ1) is 33.5. The van der Waals surface area contributed by atoms with Crippen molar-refractivity contribution in [2.24, 2.45) is 40.4 Å². The van der Waals surface area contributed by atoms with Crippen LogP contribution in [0.5, 0.6) is 0 Å². The highest BCUT2D eigenvalue weighted by molar-refractivity contribution is 5.27. The number of hydrogen-bond acceptors (Lipinski definition) is 9. The Morgan fingerprint density at radius 2 is 1.72 bits per heavy atom. The summed E-state index contributed by atoms with van der Waals surface area (Å²) in [6.07, 6.45) is 1.43. The molecule has 0 aromatic heterocycles. The van der Waals surface area contributed by atoms with E-state index < -0.39 is 55.6 Å². The minimum Gasteiger partial charge on any atom is -0.394 e. The van der Waals surface area contributed by atoms with Crippen LogP contribution in [0.1, 0.15) is 86.0 Å². The van der Waals surface area contributed by atoms with Crippen LogP contribution in [0.25, 0.3) is 0 Å². The van der Waals surface area contributed by atoms with Gasteiger partial charge in [0, 0.05) is 11.8 Å². The zero-order valence-corrected chi connectivity index (χ0v) is 26.6. The van der Waals surface area contributed by atoms with Crippen LogP contribution < -0.4 is 0 Å². The molecule has 0 radical (unpaired) electrons. The number of ether oxygens (including phenoxy) is 2. The summed E-state index contributed by atoms with van der Waals surface area (Å²) in [7, 11) is 0. The number of fused-ring (bicyclic) bond motifs is 5. The molecule has 15 atom stereocenters. The third-order valence-corrected chi connectivity index (χ3v) is 13.1. The molecule has 7 N–H and O–H groups in total. The Morgan fingerprint density at radius 1 is 1.00 bits per heavy atom. The van der Waals surface area contributed by atoms with Gasteiger partial charge in [0.2, 0.25) is 0 Å². The zero-order valence-electron chi connectivity index (χ0n) is 26.6. The third kappa shape index (κ3) is 5.80. The van der Waals surface area contributed by atoms with E-state index in [2.05, 4.69) is 26.8 Å². The van der Waals surface area contributed by atoms with Gasteiger partial charge in [0.15, 0.2) is 6.29 Å². The topological polar surface area (TPSA) is 160 Å². The summed E-state index contributed by atoms with van der Waals surface area (Å²) in [4.78, 5) is 0. The maximum atomic E-state index is 11.5. The van der Waals surface area contributed by atoms with Crippen LogP contribution in [0.2, 0.25) is 0 Å². The largest absolute Gasteiger partial charge is 0.394 e. The summed E-state index contributed by atoms with van der Waals surface area (Å²) in [5.74, 6) is 2.04. The molecule has 0 amide bonds. The highest BCUT2D eigenvalue weighted by Crippen LogP contribution is 2.67. The van der Waals surface area contributed by atoms with E-state index in [1.807, 2.05) is 13.8 Å². The van der Waals surface area contributed by atoms with Crippen molar-refractivity contribution in [1.82, 2.24) is 0 Å². The lowest BCUT2D eigenvalue weighted by atomic mass is 9.46. The average molecular weight is 609 g/mol. The van der Waals surface area contributed by atoms with Gasteiger partial charge in [-0.05, 0) is 99.4 Å². The molecule has 4 fully saturated rings. The number of allylic oxidation sites excluding steroid dienone is 1. The van der Waals surface area contributed by atoms with E-state index >= 15 is 0 Å². The molecule has 5 aliphatic rings. The molecule has 1 saturated heterocycles. The fraction of sp³-hybridized carbons (Fsp3) is 0.882. The molecule has 0 aromatic carbocycles. The predicted molar refractivity (Wildman–Crippen MR) is 160 cm³/mol. The van der Waals surface area contributed by atoms with Gasteiger partial charge in [-0.3, -0.25) is 0 Å². The molecule has 43 heavy (non-hydrogen) atoms. The van der Waals surface area contributed by atoms with E-state index in [4.69, 9.17) is 9.47 Å². The van der Waals surface area contributed by atoms with Gasteiger partial charge in [-0.2, -0.15) is 0 Å². The van der Waals surface area contributed by atoms with Crippen molar-refractivity contribution >= 4 is 0 Å². The van der Waals surface area contributed by atoms with Crippen LogP contribution in [0, 0.1) is 40.4 Å². The van der Waals surface area contributed by atoms with Crippen molar-refractivity contribution in [2.75, 3.05) is 13.2 Å². The van der Waals surface area contributed by atoms with Gasteiger partial charge in [0.05, 0.1) is 31.5 Å². The number of aliphatic hydroxyl groups excluding tert-OH is 7. The Hall–Kier alpha value is -0.880. The fourth-order valence-electron chi connectivity index (χ4n) is 10.1. The van der Waals surface area contributed by atoms with Gasteiger partial charge in [-0.15, -0.1) is 0 Å². The maximum absolute atomic E-state index is 11.5. The molecule has 3 saturated carbocycles. The van der Waals surface area contributed by atoms with Crippen LogP contribution in [-0.4, -0.2) is 98.0 Å². The second kappa shape index (κ2) is 12.7. The Labute approximate surface area is 256 Å². The molecule has 5 rings (SSSR count). The molecule has 0 unspecified atom stereocenters. The Kier molecular flexibility index (Phi) is 9.91. The molecule has 246 valence electrons. The first-order valence-corrected chi connectivity index (χ1v) is 16.5. The number of rotatable bonds is 8. The van der Waals surface area contributed by atoms with Crippen molar-refractivity contribution in [1.29, 1.82) is 0 Å². The minimum atomic E-state index is -1.48. The SMILES string of the molecule is C/C(CO[C@@H]1O[C@H](CO)[C@@H](O)[C@H](O)[C@H]1O)=C(/C)C[C@@H](O)[C@@H](C)[C@H]1CC[C@H]2[C@@H]3CC=C4C[C@@H](O)C[C@H](O)[C@]4(C)[C@H]3CC[C@]12C. The summed E-state index contributed by atoms with van der Waals surface area (Å²) < 4.78 is 11.2. The third-order valence-electron chi connectivity index (χ3n) is 13.1. The van der Waals surface area contributed by atoms with Crippen molar-refractivity contribution in [3.05, 3.63) is 22.8 Å². The first-order chi connectivity index (χ1) is 20.2. The maximum Gasteiger partial charge on any atom is 0.187 e. The number of hydrogen-bond donors (Lipinski definition) is 7. The second-order valence-corrected chi connectivity index (χ2v) is 15.2. The summed E-state index contributed by atoms with van der Waals surface area (Å²) in [6, 6.07) is 0. The van der Waals surface area contributed by atoms with Crippen LogP contribution in [-0.2, 0) is 9.47 Å². The molecule has 4 aliphatic carbocycles. The number of aliphatic hydroxyl groups is 7. The standard InChI is InChI=1S/C34H56O9/c1-17(18(2)16-42-32-31(41)30(40)29(39)27(15-35)43-32)12-26(37)19(3)23-8-9-24-22-7-6-20-13-21(36)14-28(38)34(20,5)25(22)10-11-33(23,24)4/h6,19,21-32,35-41H,7-16H2,1-5H3/b18-17+/t19-,21+,22-,23+,24-,25-,26+,27+,28-,29+,30-,31+,32+,33+,34-/m0/s1. The van der Waals surface area contributed by atoms with Gasteiger partial charge in [-0.25, -0.2) is 0 Å². The van der Waals surface area contributed by atoms with Crippen LogP contribution in [0.15, 0.2) is 22.8 Å². The second-order valence-electron chi connectivity index (χ2n) is 15.2. The quantitative estimate of drug-likeness (QED) is 0.205. The Morgan fingerprint density at radius 3 is 2.42 bits per heavy atom. The van der Waals surface area contributed by atoms with Gasteiger partial charge < -0.3 is 45.2 Å². The lowest BCUT2D eigenvalue weighted by Gasteiger charge is -2.59. The van der Waals surface area contributed by atoms with E-state index in [0.29, 0.717) is 42.9 Å². The van der Waals surface area contributed by atoms with E-state index in [0.717, 1.165) is 43.3 Å². The molecule has 9 heteroatoms. The Bertz CT molecular complexity index is 1060. The highest BCUT2D eigenvalue weighted by atomic mass is 16.7.